The third-order valence-electron chi connectivity index (χ3n) is 6.97. The van der Waals surface area contributed by atoms with E-state index in [1.165, 1.54) is 51.4 Å². The maximum atomic E-state index is 13.1. The summed E-state index contributed by atoms with van der Waals surface area (Å²) in [5.74, 6) is 0.976. The zero-order valence-electron chi connectivity index (χ0n) is 18.7. The predicted molar refractivity (Wildman–Crippen MR) is 118 cm³/mol. The fourth-order valence-electron chi connectivity index (χ4n) is 5.23. The van der Waals surface area contributed by atoms with Crippen LogP contribution in [0, 0.1) is 5.92 Å². The second-order valence-corrected chi connectivity index (χ2v) is 9.21. The minimum atomic E-state index is -0.217. The first kappa shape index (κ1) is 22.0. The number of hydrogen-bond acceptors (Lipinski definition) is 6. The summed E-state index contributed by atoms with van der Waals surface area (Å²) in [6.45, 7) is 0.700. The van der Waals surface area contributed by atoms with Crippen molar-refractivity contribution in [1.82, 2.24) is 15.0 Å². The van der Waals surface area contributed by atoms with Crippen LogP contribution >= 0.6 is 0 Å². The van der Waals surface area contributed by atoms with Crippen LogP contribution in [-0.4, -0.2) is 34.1 Å². The second-order valence-electron chi connectivity index (χ2n) is 9.21. The number of nitrogens with zero attached hydrogens (tertiary/aromatic N) is 3. The Morgan fingerprint density at radius 1 is 1.06 bits per heavy atom. The molecule has 2 fully saturated rings. The van der Waals surface area contributed by atoms with E-state index >= 15 is 0 Å². The molecule has 168 valence electrons. The van der Waals surface area contributed by atoms with Gasteiger partial charge in [-0.15, -0.1) is 0 Å². The molecule has 0 amide bonds. The lowest BCUT2D eigenvalue weighted by molar-refractivity contribution is -0.149. The van der Waals surface area contributed by atoms with Gasteiger partial charge < -0.3 is 9.26 Å². The molecule has 4 rings (SSSR count). The number of carbonyl (C=O) groups is 1. The maximum absolute atomic E-state index is 13.1. The Balaban J connectivity index is 1.34. The number of esters is 1. The van der Waals surface area contributed by atoms with Crippen molar-refractivity contribution in [2.24, 2.45) is 5.92 Å². The Morgan fingerprint density at radius 2 is 1.74 bits per heavy atom. The number of ether oxygens (including phenoxy) is 1. The SMILES string of the molecule is CN(Cc1nc(COC(=O)C(c2ccccc2)C2CCCCC2)no1)C1CCCCC1. The minimum Gasteiger partial charge on any atom is -0.457 e. The first-order valence-electron chi connectivity index (χ1n) is 11.9. The minimum absolute atomic E-state index is 0.0610. The van der Waals surface area contributed by atoms with Crippen LogP contribution in [0.2, 0.25) is 0 Å². The monoisotopic (exact) mass is 425 g/mol. The van der Waals surface area contributed by atoms with E-state index in [0.717, 1.165) is 18.4 Å². The third-order valence-corrected chi connectivity index (χ3v) is 6.97. The zero-order chi connectivity index (χ0) is 21.5. The number of hydrogen-bond donors (Lipinski definition) is 0. The first-order valence-corrected chi connectivity index (χ1v) is 11.9. The highest BCUT2D eigenvalue weighted by molar-refractivity contribution is 5.78. The van der Waals surface area contributed by atoms with E-state index in [0.29, 0.717) is 30.2 Å². The van der Waals surface area contributed by atoms with Gasteiger partial charge in [0.2, 0.25) is 11.7 Å². The van der Waals surface area contributed by atoms with E-state index in [1.54, 1.807) is 0 Å². The first-order chi connectivity index (χ1) is 15.2. The molecule has 1 heterocycles. The molecule has 2 aromatic rings. The Hall–Kier alpha value is -2.21. The predicted octanol–water partition coefficient (Wildman–Crippen LogP) is 5.24. The van der Waals surface area contributed by atoms with Crippen LogP contribution in [0.1, 0.15) is 87.4 Å². The number of benzene rings is 1. The molecule has 1 aromatic carbocycles. The van der Waals surface area contributed by atoms with Crippen molar-refractivity contribution in [3.05, 3.63) is 47.6 Å². The Morgan fingerprint density at radius 3 is 2.45 bits per heavy atom. The molecule has 2 aliphatic carbocycles. The topological polar surface area (TPSA) is 68.5 Å². The molecule has 6 heteroatoms. The zero-order valence-corrected chi connectivity index (χ0v) is 18.7. The van der Waals surface area contributed by atoms with Gasteiger partial charge in [-0.2, -0.15) is 4.98 Å². The summed E-state index contributed by atoms with van der Waals surface area (Å²) in [7, 11) is 2.12. The van der Waals surface area contributed by atoms with E-state index in [2.05, 4.69) is 22.1 Å². The van der Waals surface area contributed by atoms with Crippen LogP contribution in [0.25, 0.3) is 0 Å². The molecule has 1 atom stereocenters. The van der Waals surface area contributed by atoms with Crippen LogP contribution in [0.15, 0.2) is 34.9 Å². The highest BCUT2D eigenvalue weighted by Gasteiger charge is 2.32. The molecule has 2 aliphatic rings. The molecule has 1 aromatic heterocycles. The summed E-state index contributed by atoms with van der Waals surface area (Å²) in [4.78, 5) is 19.9. The summed E-state index contributed by atoms with van der Waals surface area (Å²) < 4.78 is 11.1. The van der Waals surface area contributed by atoms with Crippen molar-refractivity contribution in [3.63, 3.8) is 0 Å². The molecule has 1 unspecified atom stereocenters. The van der Waals surface area contributed by atoms with Crippen LogP contribution in [-0.2, 0) is 22.7 Å². The highest BCUT2D eigenvalue weighted by atomic mass is 16.5. The van der Waals surface area contributed by atoms with Gasteiger partial charge in [0.05, 0.1) is 12.5 Å². The smallest absolute Gasteiger partial charge is 0.314 e. The average molecular weight is 426 g/mol. The van der Waals surface area contributed by atoms with Crippen LogP contribution < -0.4 is 0 Å². The lowest BCUT2D eigenvalue weighted by Gasteiger charge is -2.29. The Bertz CT molecular complexity index is 810. The fraction of sp³-hybridized carbons (Fsp3) is 0.640. The van der Waals surface area contributed by atoms with Crippen molar-refractivity contribution >= 4 is 5.97 Å². The van der Waals surface area contributed by atoms with Crippen LogP contribution in [0.4, 0.5) is 0 Å². The molecular formula is C25H35N3O3. The van der Waals surface area contributed by atoms with E-state index in [1.807, 2.05) is 30.3 Å². The summed E-state index contributed by atoms with van der Waals surface area (Å²) >= 11 is 0. The van der Waals surface area contributed by atoms with Gasteiger partial charge in [0.15, 0.2) is 6.61 Å². The van der Waals surface area contributed by atoms with Crippen molar-refractivity contribution in [3.8, 4) is 0 Å². The molecule has 0 N–H and O–H groups in total. The lowest BCUT2D eigenvalue weighted by atomic mass is 9.77. The molecule has 0 spiro atoms. The van der Waals surface area contributed by atoms with E-state index in [-0.39, 0.29) is 18.5 Å². The van der Waals surface area contributed by atoms with Crippen molar-refractivity contribution < 1.29 is 14.1 Å². The van der Waals surface area contributed by atoms with Crippen molar-refractivity contribution in [1.29, 1.82) is 0 Å². The van der Waals surface area contributed by atoms with Gasteiger partial charge >= 0.3 is 5.97 Å². The molecule has 2 saturated carbocycles. The van der Waals surface area contributed by atoms with E-state index in [4.69, 9.17) is 9.26 Å². The van der Waals surface area contributed by atoms with Crippen molar-refractivity contribution in [2.45, 2.75) is 89.3 Å². The van der Waals surface area contributed by atoms with Gasteiger partial charge in [-0.25, -0.2) is 0 Å². The standard InChI is InChI=1S/C25H35N3O3/c1-28(21-15-9-4-10-16-21)17-23-26-22(27-31-23)18-30-25(29)24(19-11-5-2-6-12-19)20-13-7-3-8-14-20/h2,5-6,11-12,20-21,24H,3-4,7-10,13-18H2,1H3. The molecule has 0 saturated heterocycles. The summed E-state index contributed by atoms with van der Waals surface area (Å²) in [6, 6.07) is 10.6. The number of carbonyl (C=O) groups excluding carboxylic acids is 1. The maximum Gasteiger partial charge on any atom is 0.314 e. The molecule has 6 nitrogen and oxygen atoms in total. The van der Waals surface area contributed by atoms with Gasteiger partial charge in [0.25, 0.3) is 0 Å². The summed E-state index contributed by atoms with van der Waals surface area (Å²) in [5.41, 5.74) is 1.04. The Labute approximate surface area is 185 Å². The number of rotatable bonds is 8. The van der Waals surface area contributed by atoms with Crippen molar-refractivity contribution in [2.75, 3.05) is 7.05 Å². The van der Waals surface area contributed by atoms with Gasteiger partial charge in [0, 0.05) is 6.04 Å². The summed E-state index contributed by atoms with van der Waals surface area (Å²) in [5, 5.41) is 4.04. The van der Waals surface area contributed by atoms with E-state index < -0.39 is 0 Å². The third kappa shape index (κ3) is 5.94. The second kappa shape index (κ2) is 10.9. The summed E-state index contributed by atoms with van der Waals surface area (Å²) in [6.07, 6.45) is 12.2. The van der Waals surface area contributed by atoms with E-state index in [9.17, 15) is 4.79 Å². The molecular weight excluding hydrogens is 390 g/mol. The van der Waals surface area contributed by atoms with Gasteiger partial charge in [-0.05, 0) is 44.2 Å². The molecule has 31 heavy (non-hydrogen) atoms. The van der Waals surface area contributed by atoms with Crippen LogP contribution in [0.3, 0.4) is 0 Å². The lowest BCUT2D eigenvalue weighted by Crippen LogP contribution is -2.32. The number of aromatic nitrogens is 2. The van der Waals surface area contributed by atoms with Gasteiger partial charge in [0.1, 0.15) is 0 Å². The van der Waals surface area contributed by atoms with Crippen LogP contribution in [0.5, 0.6) is 0 Å². The highest BCUT2D eigenvalue weighted by Crippen LogP contribution is 2.37. The molecule has 0 radical (unpaired) electrons. The largest absolute Gasteiger partial charge is 0.457 e. The normalized spacial score (nSPS) is 19.4. The molecule has 0 aliphatic heterocycles. The van der Waals surface area contributed by atoms with Gasteiger partial charge in [-0.1, -0.05) is 74.0 Å². The van der Waals surface area contributed by atoms with Gasteiger partial charge in [-0.3, -0.25) is 9.69 Å². The molecule has 0 bridgehead atoms. The quantitative estimate of drug-likeness (QED) is 0.539. The Kier molecular flexibility index (Phi) is 7.73. The fourth-order valence-corrected chi connectivity index (χ4v) is 5.23. The average Bonchev–Trinajstić information content (AvgIpc) is 3.27.